The zero-order valence-corrected chi connectivity index (χ0v) is 25.9. The first-order valence-electron chi connectivity index (χ1n) is 14.2. The highest BCUT2D eigenvalue weighted by Gasteiger charge is 2.57. The number of ether oxygens (including phenoxy) is 2. The number of carboxylic acids is 1. The zero-order chi connectivity index (χ0) is 30.5. The van der Waals surface area contributed by atoms with Crippen molar-refractivity contribution in [2.24, 2.45) is 0 Å². The molecule has 0 aliphatic carbocycles. The van der Waals surface area contributed by atoms with Crippen LogP contribution in [-0.2, 0) is 27.2 Å². The summed E-state index contributed by atoms with van der Waals surface area (Å²) in [4.78, 5) is 28.1. The van der Waals surface area contributed by atoms with Gasteiger partial charge in [-0.2, -0.15) is 0 Å². The van der Waals surface area contributed by atoms with Crippen molar-refractivity contribution in [1.29, 1.82) is 0 Å². The van der Waals surface area contributed by atoms with Gasteiger partial charge >= 0.3 is 12.1 Å². The molecule has 0 unspecified atom stereocenters. The van der Waals surface area contributed by atoms with E-state index in [4.69, 9.17) is 13.9 Å². The number of carbonyl (C=O) groups excluding carboxylic acids is 1. The number of hydrogen-bond acceptors (Lipinski definition) is 5. The second-order valence-electron chi connectivity index (χ2n) is 12.3. The zero-order valence-electron chi connectivity index (χ0n) is 24.9. The third-order valence-corrected chi connectivity index (χ3v) is 13.0. The van der Waals surface area contributed by atoms with E-state index in [-0.39, 0.29) is 37.1 Å². The molecule has 1 amide bonds. The molecule has 0 radical (unpaired) electrons. The summed E-state index contributed by atoms with van der Waals surface area (Å²) in [5, 5.41) is 10.5. The van der Waals surface area contributed by atoms with Crippen LogP contribution in [0.4, 0.5) is 9.18 Å². The smallest absolute Gasteiger partial charge is 0.411 e. The molecule has 1 fully saturated rings. The number of nitrogens with zero attached hydrogens (tertiary/aromatic N) is 1. The van der Waals surface area contributed by atoms with E-state index in [1.165, 1.54) is 11.0 Å². The Morgan fingerprint density at radius 2 is 1.62 bits per heavy atom. The first-order valence-corrected chi connectivity index (χ1v) is 17.1. The fourth-order valence-electron chi connectivity index (χ4n) is 4.82. The maximum absolute atomic E-state index is 14.0. The van der Waals surface area contributed by atoms with E-state index in [1.54, 1.807) is 30.3 Å². The number of carboxylic acid groups (broad SMARTS) is 1. The van der Waals surface area contributed by atoms with Crippen molar-refractivity contribution < 1.29 is 33.0 Å². The molecule has 1 N–H and O–H groups in total. The van der Waals surface area contributed by atoms with Crippen LogP contribution >= 0.6 is 0 Å². The molecule has 9 heteroatoms. The molecule has 0 aromatic heterocycles. The lowest BCUT2D eigenvalue weighted by Gasteiger charge is -2.42. The van der Waals surface area contributed by atoms with Crippen LogP contribution in [0, 0.1) is 5.82 Å². The highest BCUT2D eigenvalue weighted by molar-refractivity contribution is 6.74. The summed E-state index contributed by atoms with van der Waals surface area (Å²) < 4.78 is 31.9. The summed E-state index contributed by atoms with van der Waals surface area (Å²) >= 11 is 0. The molecule has 0 bridgehead atoms. The molecule has 3 aromatic rings. The van der Waals surface area contributed by atoms with Crippen LogP contribution < -0.4 is 4.74 Å². The van der Waals surface area contributed by atoms with Crippen molar-refractivity contribution in [1.82, 2.24) is 4.90 Å². The van der Waals surface area contributed by atoms with E-state index in [2.05, 4.69) is 33.9 Å². The number of halogens is 1. The summed E-state index contributed by atoms with van der Waals surface area (Å²) in [6.07, 6.45) is -0.0705. The Morgan fingerprint density at radius 3 is 2.24 bits per heavy atom. The lowest BCUT2D eigenvalue weighted by molar-refractivity contribution is -0.152. The van der Waals surface area contributed by atoms with Crippen molar-refractivity contribution in [2.45, 2.75) is 76.5 Å². The van der Waals surface area contributed by atoms with Crippen LogP contribution in [0.1, 0.15) is 56.3 Å². The molecule has 2 atom stereocenters. The summed E-state index contributed by atoms with van der Waals surface area (Å²) in [5.41, 5.74) is 0.406. The van der Waals surface area contributed by atoms with Crippen molar-refractivity contribution in [3.63, 3.8) is 0 Å². The standard InChI is InChI=1S/C33H40FNO6Si/c1-32(2,3)42(4,5)41-23-33(30(36)37)20-19-29(35(33)31(38)40-21-24-11-7-6-8-12-24)25-15-17-27(18-16-25)39-22-26-13-9-10-14-28(26)34/h6-18,29H,19-23H2,1-5H3,(H,36,37)/t29-,33-/m1/s1. The van der Waals surface area contributed by atoms with Gasteiger partial charge in [0, 0.05) is 5.56 Å². The Labute approximate surface area is 248 Å². The van der Waals surface area contributed by atoms with Gasteiger partial charge in [0.2, 0.25) is 0 Å². The summed E-state index contributed by atoms with van der Waals surface area (Å²) in [6, 6.07) is 22.3. The van der Waals surface area contributed by atoms with Crippen LogP contribution in [0.3, 0.4) is 0 Å². The van der Waals surface area contributed by atoms with E-state index in [0.717, 1.165) is 11.1 Å². The third-order valence-electron chi connectivity index (χ3n) is 8.50. The Hall–Kier alpha value is -3.69. The number of benzene rings is 3. The molecular formula is C33H40FNO6Si. The topological polar surface area (TPSA) is 85.3 Å². The van der Waals surface area contributed by atoms with Gasteiger partial charge in [-0.15, -0.1) is 0 Å². The molecule has 1 saturated heterocycles. The van der Waals surface area contributed by atoms with E-state index in [1.807, 2.05) is 42.5 Å². The largest absolute Gasteiger partial charge is 0.489 e. The lowest BCUT2D eigenvalue weighted by atomic mass is 9.98. The summed E-state index contributed by atoms with van der Waals surface area (Å²) in [7, 11) is -2.34. The lowest BCUT2D eigenvalue weighted by Crippen LogP contribution is -2.59. The van der Waals surface area contributed by atoms with E-state index < -0.39 is 32.0 Å². The fourth-order valence-corrected chi connectivity index (χ4v) is 5.86. The predicted octanol–water partition coefficient (Wildman–Crippen LogP) is 7.72. The molecule has 1 aliphatic heterocycles. The SMILES string of the molecule is CC(C)(C)[Si](C)(C)OC[C@@]1(C(=O)O)CC[C@H](c2ccc(OCc3ccccc3F)cc2)N1C(=O)OCc1ccccc1. The Kier molecular flexibility index (Phi) is 9.42. The number of carbonyl (C=O) groups is 2. The Balaban J connectivity index is 1.60. The van der Waals surface area contributed by atoms with Gasteiger partial charge < -0.3 is 19.0 Å². The van der Waals surface area contributed by atoms with Gasteiger partial charge in [-0.05, 0) is 60.3 Å². The molecule has 4 rings (SSSR count). The van der Waals surface area contributed by atoms with E-state index >= 15 is 0 Å². The minimum absolute atomic E-state index is 0.0184. The van der Waals surface area contributed by atoms with Crippen LogP contribution in [0.25, 0.3) is 0 Å². The number of rotatable bonds is 10. The van der Waals surface area contributed by atoms with Crippen molar-refractivity contribution in [2.75, 3.05) is 6.61 Å². The van der Waals surface area contributed by atoms with Gasteiger partial charge in [0.05, 0.1) is 12.6 Å². The molecule has 1 heterocycles. The second kappa shape index (κ2) is 12.7. The number of likely N-dealkylation sites (tertiary alicyclic amines) is 1. The van der Waals surface area contributed by atoms with Crippen LogP contribution in [0.15, 0.2) is 78.9 Å². The fraction of sp³-hybridized carbons (Fsp3) is 0.394. The molecule has 0 saturated carbocycles. The second-order valence-corrected chi connectivity index (χ2v) is 17.1. The van der Waals surface area contributed by atoms with Gasteiger partial charge in [0.15, 0.2) is 13.9 Å². The normalized spacial score (nSPS) is 19.0. The molecule has 1 aliphatic rings. The molecule has 0 spiro atoms. The summed E-state index contributed by atoms with van der Waals surface area (Å²) in [6.45, 7) is 10.4. The maximum Gasteiger partial charge on any atom is 0.411 e. The number of amides is 1. The molecule has 7 nitrogen and oxygen atoms in total. The third kappa shape index (κ3) is 6.85. The van der Waals surface area contributed by atoms with Gasteiger partial charge in [-0.3, -0.25) is 4.90 Å². The minimum atomic E-state index is -2.34. The van der Waals surface area contributed by atoms with Gasteiger partial charge in [0.25, 0.3) is 0 Å². The van der Waals surface area contributed by atoms with E-state index in [0.29, 0.717) is 17.7 Å². The number of hydrogen-bond donors (Lipinski definition) is 1. The van der Waals surface area contributed by atoms with Gasteiger partial charge in [-0.1, -0.05) is 81.4 Å². The summed E-state index contributed by atoms with van der Waals surface area (Å²) in [5.74, 6) is -0.927. The van der Waals surface area contributed by atoms with Crippen LogP contribution in [0.2, 0.25) is 18.1 Å². The maximum atomic E-state index is 14.0. The predicted molar refractivity (Wildman–Crippen MR) is 161 cm³/mol. The van der Waals surface area contributed by atoms with Crippen molar-refractivity contribution >= 4 is 20.4 Å². The Bertz CT molecular complexity index is 1380. The van der Waals surface area contributed by atoms with Crippen molar-refractivity contribution in [3.05, 3.63) is 101 Å². The van der Waals surface area contributed by atoms with Crippen LogP contribution in [-0.4, -0.2) is 42.5 Å². The molecule has 3 aromatic carbocycles. The monoisotopic (exact) mass is 593 g/mol. The quantitative estimate of drug-likeness (QED) is 0.242. The van der Waals surface area contributed by atoms with Crippen molar-refractivity contribution in [3.8, 4) is 5.75 Å². The average Bonchev–Trinajstić information content (AvgIpc) is 3.36. The average molecular weight is 594 g/mol. The van der Waals surface area contributed by atoms with E-state index in [9.17, 15) is 19.1 Å². The van der Waals surface area contributed by atoms with Gasteiger partial charge in [-0.25, -0.2) is 14.0 Å². The molecule has 42 heavy (non-hydrogen) atoms. The number of aliphatic carboxylic acids is 1. The van der Waals surface area contributed by atoms with Gasteiger partial charge in [0.1, 0.15) is 24.8 Å². The molecule has 224 valence electrons. The Morgan fingerprint density at radius 1 is 0.976 bits per heavy atom. The minimum Gasteiger partial charge on any atom is -0.489 e. The first-order chi connectivity index (χ1) is 19.8. The van der Waals surface area contributed by atoms with Crippen LogP contribution in [0.5, 0.6) is 5.75 Å². The highest BCUT2D eigenvalue weighted by atomic mass is 28.4. The molecular weight excluding hydrogens is 553 g/mol. The highest BCUT2D eigenvalue weighted by Crippen LogP contribution is 2.46. The first kappa shape index (κ1) is 31.2.